The van der Waals surface area contributed by atoms with Gasteiger partial charge in [0.05, 0.1) is 52.0 Å². The van der Waals surface area contributed by atoms with Gasteiger partial charge in [-0.25, -0.2) is 36.7 Å². The summed E-state index contributed by atoms with van der Waals surface area (Å²) in [5, 5.41) is 7.20. The predicted molar refractivity (Wildman–Crippen MR) is 183 cm³/mol. The number of hydrogen-bond donors (Lipinski definition) is 1. The monoisotopic (exact) mass is 729 g/mol. The van der Waals surface area contributed by atoms with Crippen LogP contribution in [0.4, 0.5) is 23.7 Å². The maximum Gasteiger partial charge on any atom is 0.416 e. The van der Waals surface area contributed by atoms with Gasteiger partial charge in [-0.05, 0) is 67.9 Å². The van der Waals surface area contributed by atoms with Crippen molar-refractivity contribution in [3.8, 4) is 22.8 Å². The Bertz CT molecular complexity index is 2430. The van der Waals surface area contributed by atoms with Crippen molar-refractivity contribution in [1.82, 2.24) is 24.2 Å². The first kappa shape index (κ1) is 37.0. The lowest BCUT2D eigenvalue weighted by Crippen LogP contribution is -2.38. The maximum atomic E-state index is 13.9. The smallest absolute Gasteiger partial charge is 0.416 e. The fraction of sp³-hybridized carbons (Fsp3) is 0.139. The molecular formula is C36H30F3N7O5S. The van der Waals surface area contributed by atoms with Gasteiger partial charge in [-0.1, -0.05) is 36.4 Å². The Morgan fingerprint density at radius 3 is 2.19 bits per heavy atom. The van der Waals surface area contributed by atoms with Crippen LogP contribution in [0.1, 0.15) is 29.8 Å². The molecule has 3 aromatic heterocycles. The summed E-state index contributed by atoms with van der Waals surface area (Å²) in [6, 6.07) is 22.1. The first-order chi connectivity index (χ1) is 24.6. The predicted octanol–water partition coefficient (Wildman–Crippen LogP) is 6.10. The normalized spacial score (nSPS) is 12.0. The van der Waals surface area contributed by atoms with Gasteiger partial charge in [0.2, 0.25) is 0 Å². The highest BCUT2D eigenvalue weighted by Gasteiger charge is 2.32. The summed E-state index contributed by atoms with van der Waals surface area (Å²) in [5.74, 6) is 0. The largest absolute Gasteiger partial charge is 0.744 e. The molecule has 0 radical (unpaired) electrons. The molecule has 12 nitrogen and oxygen atoms in total. The number of alkyl halides is 3. The molecule has 0 saturated carbocycles. The number of carbonyl (C=O) groups excluding carboxylic acids is 1. The number of aromatic nitrogens is 5. The van der Waals surface area contributed by atoms with Gasteiger partial charge in [-0.3, -0.25) is 4.57 Å². The van der Waals surface area contributed by atoms with E-state index in [1.807, 2.05) is 36.1 Å². The average molecular weight is 730 g/mol. The highest BCUT2D eigenvalue weighted by molar-refractivity contribution is 7.85. The summed E-state index contributed by atoms with van der Waals surface area (Å²) in [7, 11) is -2.40. The lowest BCUT2D eigenvalue weighted by molar-refractivity contribution is -0.671. The molecule has 0 aliphatic heterocycles. The van der Waals surface area contributed by atoms with Crippen LogP contribution in [0.25, 0.3) is 27.6 Å². The molecule has 0 aliphatic rings. The summed E-state index contributed by atoms with van der Waals surface area (Å²) in [5.41, 5.74) is 0.661. The number of rotatable bonds is 6. The van der Waals surface area contributed by atoms with Crippen molar-refractivity contribution in [3.05, 3.63) is 154 Å². The zero-order chi connectivity index (χ0) is 37.8. The molecule has 0 spiro atoms. The van der Waals surface area contributed by atoms with Crippen LogP contribution in [-0.4, -0.2) is 37.9 Å². The highest BCUT2D eigenvalue weighted by Crippen LogP contribution is 2.32. The van der Waals surface area contributed by atoms with Gasteiger partial charge in [0.25, 0.3) is 0 Å². The van der Waals surface area contributed by atoms with Crippen molar-refractivity contribution in [2.24, 2.45) is 7.05 Å². The van der Waals surface area contributed by atoms with E-state index >= 15 is 0 Å². The molecule has 52 heavy (non-hydrogen) atoms. The fourth-order valence-corrected chi connectivity index (χ4v) is 5.79. The molecule has 3 heterocycles. The molecular weight excluding hydrogens is 700 g/mol. The Morgan fingerprint density at radius 2 is 1.62 bits per heavy atom. The van der Waals surface area contributed by atoms with E-state index < -0.39 is 39.6 Å². The van der Waals surface area contributed by atoms with Gasteiger partial charge in [0, 0.05) is 12.1 Å². The molecule has 3 aromatic carbocycles. The highest BCUT2D eigenvalue weighted by atomic mass is 32.2. The number of benzene rings is 3. The fourth-order valence-electron chi connectivity index (χ4n) is 5.30. The van der Waals surface area contributed by atoms with Crippen LogP contribution in [-0.2, 0) is 23.3 Å². The molecule has 1 amide bonds. The minimum absolute atomic E-state index is 0.0452. The second-order valence-corrected chi connectivity index (χ2v) is 12.8. The van der Waals surface area contributed by atoms with Crippen LogP contribution in [0, 0.1) is 13.5 Å². The van der Waals surface area contributed by atoms with Crippen LogP contribution < -0.4 is 15.6 Å². The van der Waals surface area contributed by atoms with Crippen LogP contribution >= 0.6 is 0 Å². The zero-order valence-electron chi connectivity index (χ0n) is 27.8. The molecule has 6 aromatic rings. The summed E-state index contributed by atoms with van der Waals surface area (Å²) in [4.78, 5) is 30.9. The average Bonchev–Trinajstić information content (AvgIpc) is 3.70. The van der Waals surface area contributed by atoms with Crippen molar-refractivity contribution in [1.29, 1.82) is 0 Å². The quantitative estimate of drug-likeness (QED) is 0.125. The topological polar surface area (TPSA) is 139 Å². The van der Waals surface area contributed by atoms with E-state index in [2.05, 4.69) is 15.3 Å². The van der Waals surface area contributed by atoms with E-state index in [0.29, 0.717) is 17.1 Å². The van der Waals surface area contributed by atoms with Crippen LogP contribution in [0.2, 0.25) is 0 Å². The minimum Gasteiger partial charge on any atom is -0.744 e. The number of halogens is 3. The Balaban J connectivity index is 0.000000452. The molecule has 6 rings (SSSR count). The van der Waals surface area contributed by atoms with Crippen LogP contribution in [0.3, 0.4) is 0 Å². The van der Waals surface area contributed by atoms with Gasteiger partial charge in [0.15, 0.2) is 18.1 Å². The third-order valence-corrected chi connectivity index (χ3v) is 8.75. The first-order valence-electron chi connectivity index (χ1n) is 15.4. The molecule has 266 valence electrons. The molecule has 0 fully saturated rings. The molecule has 16 heteroatoms. The van der Waals surface area contributed by atoms with Crippen molar-refractivity contribution >= 4 is 21.8 Å². The number of pyridine rings is 1. The van der Waals surface area contributed by atoms with Crippen molar-refractivity contribution in [3.63, 3.8) is 0 Å². The number of hydrogen-bond acceptors (Lipinski definition) is 6. The van der Waals surface area contributed by atoms with Gasteiger partial charge < -0.3 is 9.87 Å². The zero-order valence-corrected chi connectivity index (χ0v) is 28.6. The second kappa shape index (κ2) is 14.9. The number of aryl methyl sites for hydroxylation is 1. The first-order valence-corrected chi connectivity index (χ1v) is 16.8. The molecule has 0 unspecified atom stereocenters. The van der Waals surface area contributed by atoms with E-state index in [-0.39, 0.29) is 22.0 Å². The van der Waals surface area contributed by atoms with E-state index in [0.717, 1.165) is 26.8 Å². The number of nitrogens with one attached hydrogen (secondary N) is 1. The Labute approximate surface area is 296 Å². The van der Waals surface area contributed by atoms with E-state index in [9.17, 15) is 35.7 Å². The minimum atomic E-state index is -4.63. The summed E-state index contributed by atoms with van der Waals surface area (Å²) < 4.78 is 76.8. The SMILES string of the molecule is O=S(=O)([O-])c1ccccc1.[C-]#[N+]c1ccc(-n2nccc2-c2c(C)n(-c3cccc(C(F)(F)F)c3)c(=O)n2C(=O)N[C@H](C)c2cc[n+](C)cc2)cc1. The molecule has 0 aliphatic carbocycles. The number of nitrogens with zero attached hydrogens (tertiary/aromatic N) is 6. The Morgan fingerprint density at radius 1 is 0.962 bits per heavy atom. The Kier molecular flexibility index (Phi) is 10.6. The number of carbonyl (C=O) groups is 1. The van der Waals surface area contributed by atoms with Crippen LogP contribution in [0.5, 0.6) is 0 Å². The standard InChI is InChI=1S/C30H24F3N7O2.C6H6O3S/c1-19(21-13-16-37(4)17-14-21)36-28(41)39-27(26-12-15-35-40(26)24-10-8-23(34-3)9-11-24)20(2)38(29(39)42)25-7-5-6-22(18-25)30(31,32)33;7-10(8,9)6-4-2-1-3-5-6/h5-19H,1-2,4H3;1-5H,(H,7,8,9)/t19-;/m1./s1. The lowest BCUT2D eigenvalue weighted by Gasteiger charge is -2.15. The Hall–Kier alpha value is -6.31. The van der Waals surface area contributed by atoms with Gasteiger partial charge in [-0.2, -0.15) is 18.3 Å². The third kappa shape index (κ3) is 8.01. The van der Waals surface area contributed by atoms with Crippen LogP contribution in [0.15, 0.2) is 125 Å². The maximum absolute atomic E-state index is 13.9. The lowest BCUT2D eigenvalue weighted by atomic mass is 10.1. The molecule has 1 atom stereocenters. The van der Waals surface area contributed by atoms with Crippen molar-refractivity contribution < 1.29 is 35.5 Å². The van der Waals surface area contributed by atoms with E-state index in [4.69, 9.17) is 6.57 Å². The summed E-state index contributed by atoms with van der Waals surface area (Å²) >= 11 is 0. The number of amides is 1. The van der Waals surface area contributed by atoms with Crippen molar-refractivity contribution in [2.45, 2.75) is 31.0 Å². The van der Waals surface area contributed by atoms with Gasteiger partial charge >= 0.3 is 17.9 Å². The molecule has 1 N–H and O–H groups in total. The van der Waals surface area contributed by atoms with Gasteiger partial charge in [0.1, 0.15) is 22.9 Å². The van der Waals surface area contributed by atoms with Gasteiger partial charge in [-0.15, -0.1) is 0 Å². The summed E-state index contributed by atoms with van der Waals surface area (Å²) in [6.45, 7) is 10.5. The molecule has 0 saturated heterocycles. The van der Waals surface area contributed by atoms with Crippen molar-refractivity contribution in [2.75, 3.05) is 0 Å². The summed E-state index contributed by atoms with van der Waals surface area (Å²) in [6.07, 6.45) is 0.496. The van der Waals surface area contributed by atoms with E-state index in [1.54, 1.807) is 50.2 Å². The van der Waals surface area contributed by atoms with E-state index in [1.165, 1.54) is 47.3 Å². The number of imidazole rings is 1. The second-order valence-electron chi connectivity index (χ2n) is 11.4. The molecule has 0 bridgehead atoms. The third-order valence-electron chi connectivity index (χ3n) is 7.90.